The van der Waals surface area contributed by atoms with E-state index in [1.54, 1.807) is 0 Å². The van der Waals surface area contributed by atoms with Crippen LogP contribution in [0.2, 0.25) is 0 Å². The number of hydrogen-bond donors (Lipinski definition) is 3. The predicted molar refractivity (Wildman–Crippen MR) is 51.9 cm³/mol. The summed E-state index contributed by atoms with van der Waals surface area (Å²) in [6.45, 7) is 0.775. The maximum absolute atomic E-state index is 8.85. The average molecular weight is 186 g/mol. The van der Waals surface area contributed by atoms with Gasteiger partial charge >= 0.3 is 0 Å². The lowest BCUT2D eigenvalue weighted by molar-refractivity contribution is 0.183. The number of nitrogens with zero attached hydrogens (tertiary/aromatic N) is 1. The highest BCUT2D eigenvalue weighted by atomic mass is 16.3. The summed E-state index contributed by atoms with van der Waals surface area (Å²) in [5, 5.41) is 20.7. The summed E-state index contributed by atoms with van der Waals surface area (Å²) in [6.07, 6.45) is 4.46. The second-order valence-electron chi connectivity index (χ2n) is 3.35. The molecule has 13 heavy (non-hydrogen) atoms. The maximum atomic E-state index is 8.85. The summed E-state index contributed by atoms with van der Waals surface area (Å²) >= 11 is 0. The van der Waals surface area contributed by atoms with Crippen molar-refractivity contribution in [2.24, 2.45) is 4.99 Å². The van der Waals surface area contributed by atoms with Crippen LogP contribution in [0, 0.1) is 0 Å². The van der Waals surface area contributed by atoms with Gasteiger partial charge in [0.1, 0.15) is 0 Å². The van der Waals surface area contributed by atoms with Crippen LogP contribution in [0.5, 0.6) is 0 Å². The molecule has 1 aliphatic heterocycles. The third kappa shape index (κ3) is 3.74. The third-order valence-corrected chi connectivity index (χ3v) is 2.19. The molecule has 1 rings (SSSR count). The number of rotatable bonds is 3. The van der Waals surface area contributed by atoms with E-state index in [9.17, 15) is 0 Å². The minimum absolute atomic E-state index is 0.0461. The molecule has 76 valence electrons. The number of aliphatic hydroxyl groups excluding tert-OH is 2. The Morgan fingerprint density at radius 1 is 1.23 bits per heavy atom. The Morgan fingerprint density at radius 2 is 2.00 bits per heavy atom. The zero-order valence-corrected chi connectivity index (χ0v) is 7.87. The van der Waals surface area contributed by atoms with E-state index >= 15 is 0 Å². The highest BCUT2D eigenvalue weighted by molar-refractivity contribution is 5.82. The Balaban J connectivity index is 2.36. The Labute approximate surface area is 78.7 Å². The molecule has 0 amide bonds. The molecule has 0 bridgehead atoms. The molecule has 0 spiro atoms. The van der Waals surface area contributed by atoms with Gasteiger partial charge in [-0.25, -0.2) is 0 Å². The molecule has 0 fully saturated rings. The molecule has 0 aromatic rings. The SMILES string of the molecule is OCC(CO)NC1=NCCCCC1. The van der Waals surface area contributed by atoms with Gasteiger partial charge in [0.2, 0.25) is 0 Å². The van der Waals surface area contributed by atoms with E-state index in [2.05, 4.69) is 10.3 Å². The van der Waals surface area contributed by atoms with Crippen molar-refractivity contribution >= 4 is 5.84 Å². The van der Waals surface area contributed by atoms with Crippen LogP contribution in [0.3, 0.4) is 0 Å². The maximum Gasteiger partial charge on any atom is 0.0966 e. The fourth-order valence-electron chi connectivity index (χ4n) is 1.38. The molecule has 0 saturated heterocycles. The standard InChI is InChI=1S/C9H18N2O2/c12-6-8(7-13)11-9-4-2-1-3-5-10-9/h8,12-13H,1-7H2,(H,10,11). The van der Waals surface area contributed by atoms with Crippen LogP contribution in [0.15, 0.2) is 4.99 Å². The van der Waals surface area contributed by atoms with Gasteiger partial charge in [-0.1, -0.05) is 6.42 Å². The Morgan fingerprint density at radius 3 is 2.69 bits per heavy atom. The topological polar surface area (TPSA) is 64.8 Å². The van der Waals surface area contributed by atoms with Gasteiger partial charge in [-0.05, 0) is 12.8 Å². The number of aliphatic imine (C=N–C) groups is 1. The number of nitrogens with one attached hydrogen (secondary N) is 1. The van der Waals surface area contributed by atoms with Crippen LogP contribution in [-0.2, 0) is 0 Å². The summed E-state index contributed by atoms with van der Waals surface area (Å²) in [4.78, 5) is 4.34. The fraction of sp³-hybridized carbons (Fsp3) is 0.889. The highest BCUT2D eigenvalue weighted by Crippen LogP contribution is 2.06. The van der Waals surface area contributed by atoms with Crippen molar-refractivity contribution < 1.29 is 10.2 Å². The average Bonchev–Trinajstić information content (AvgIpc) is 2.42. The minimum atomic E-state index is -0.253. The quantitative estimate of drug-likeness (QED) is 0.577. The highest BCUT2D eigenvalue weighted by Gasteiger charge is 2.09. The van der Waals surface area contributed by atoms with E-state index in [4.69, 9.17) is 10.2 Å². The van der Waals surface area contributed by atoms with E-state index in [-0.39, 0.29) is 19.3 Å². The zero-order chi connectivity index (χ0) is 9.52. The minimum Gasteiger partial charge on any atom is -0.394 e. The first-order chi connectivity index (χ1) is 6.36. The summed E-state index contributed by atoms with van der Waals surface area (Å²) in [6, 6.07) is -0.253. The predicted octanol–water partition coefficient (Wildman–Crippen LogP) is -0.0983. The van der Waals surface area contributed by atoms with Crippen molar-refractivity contribution in [3.8, 4) is 0 Å². The first-order valence-corrected chi connectivity index (χ1v) is 4.88. The molecular formula is C9H18N2O2. The molecular weight excluding hydrogens is 168 g/mol. The monoisotopic (exact) mass is 186 g/mol. The smallest absolute Gasteiger partial charge is 0.0966 e. The van der Waals surface area contributed by atoms with Crippen LogP contribution in [0.4, 0.5) is 0 Å². The number of hydrogen-bond acceptors (Lipinski definition) is 4. The molecule has 0 saturated carbocycles. The van der Waals surface area contributed by atoms with E-state index in [1.165, 1.54) is 6.42 Å². The molecule has 0 atom stereocenters. The third-order valence-electron chi connectivity index (χ3n) is 2.19. The molecule has 1 heterocycles. The molecule has 0 radical (unpaired) electrons. The van der Waals surface area contributed by atoms with Crippen LogP contribution >= 0.6 is 0 Å². The van der Waals surface area contributed by atoms with Crippen LogP contribution in [-0.4, -0.2) is 41.8 Å². The fourth-order valence-corrected chi connectivity index (χ4v) is 1.38. The summed E-state index contributed by atoms with van der Waals surface area (Å²) in [5.74, 6) is 0.936. The normalized spacial score (nSPS) is 18.2. The van der Waals surface area contributed by atoms with E-state index < -0.39 is 0 Å². The molecule has 0 aromatic carbocycles. The largest absolute Gasteiger partial charge is 0.394 e. The van der Waals surface area contributed by atoms with E-state index in [0.717, 1.165) is 31.6 Å². The lowest BCUT2D eigenvalue weighted by Crippen LogP contribution is -2.40. The van der Waals surface area contributed by atoms with Crippen molar-refractivity contribution in [2.75, 3.05) is 19.8 Å². The van der Waals surface area contributed by atoms with Gasteiger partial charge in [0.15, 0.2) is 0 Å². The lowest BCUT2D eigenvalue weighted by Gasteiger charge is -2.15. The van der Waals surface area contributed by atoms with Crippen LogP contribution in [0.25, 0.3) is 0 Å². The van der Waals surface area contributed by atoms with Crippen molar-refractivity contribution in [1.29, 1.82) is 0 Å². The van der Waals surface area contributed by atoms with E-state index in [1.807, 2.05) is 0 Å². The van der Waals surface area contributed by atoms with Gasteiger partial charge in [-0.3, -0.25) is 4.99 Å². The Hall–Kier alpha value is -0.610. The van der Waals surface area contributed by atoms with Crippen LogP contribution in [0.1, 0.15) is 25.7 Å². The molecule has 4 nitrogen and oxygen atoms in total. The Kier molecular flexibility index (Phi) is 4.78. The van der Waals surface area contributed by atoms with Crippen molar-refractivity contribution in [3.63, 3.8) is 0 Å². The first-order valence-electron chi connectivity index (χ1n) is 4.88. The molecule has 4 heteroatoms. The molecule has 0 aromatic heterocycles. The number of amidine groups is 1. The van der Waals surface area contributed by atoms with Gasteiger partial charge in [0.05, 0.1) is 25.1 Å². The molecule has 0 unspecified atom stereocenters. The van der Waals surface area contributed by atoms with Gasteiger partial charge in [-0.2, -0.15) is 0 Å². The van der Waals surface area contributed by atoms with Gasteiger partial charge in [-0.15, -0.1) is 0 Å². The van der Waals surface area contributed by atoms with Crippen molar-refractivity contribution in [2.45, 2.75) is 31.7 Å². The number of aliphatic hydroxyl groups is 2. The zero-order valence-electron chi connectivity index (χ0n) is 7.87. The molecule has 1 aliphatic rings. The second kappa shape index (κ2) is 5.94. The van der Waals surface area contributed by atoms with Gasteiger partial charge in [0.25, 0.3) is 0 Å². The van der Waals surface area contributed by atoms with E-state index in [0.29, 0.717) is 0 Å². The van der Waals surface area contributed by atoms with Crippen LogP contribution < -0.4 is 5.32 Å². The van der Waals surface area contributed by atoms with Gasteiger partial charge < -0.3 is 15.5 Å². The lowest BCUT2D eigenvalue weighted by atomic mass is 10.2. The Bertz CT molecular complexity index is 167. The summed E-state index contributed by atoms with van der Waals surface area (Å²) in [5.41, 5.74) is 0. The van der Waals surface area contributed by atoms with Crippen molar-refractivity contribution in [3.05, 3.63) is 0 Å². The summed E-state index contributed by atoms with van der Waals surface area (Å²) < 4.78 is 0. The second-order valence-corrected chi connectivity index (χ2v) is 3.35. The van der Waals surface area contributed by atoms with Gasteiger partial charge in [0, 0.05) is 13.0 Å². The molecule has 3 N–H and O–H groups in total. The first kappa shape index (κ1) is 10.5. The van der Waals surface area contributed by atoms with Crippen molar-refractivity contribution in [1.82, 2.24) is 5.32 Å². The molecule has 0 aliphatic carbocycles. The summed E-state index contributed by atoms with van der Waals surface area (Å²) in [7, 11) is 0.